The van der Waals surface area contributed by atoms with Gasteiger partial charge < -0.3 is 15.1 Å². The summed E-state index contributed by atoms with van der Waals surface area (Å²) in [4.78, 5) is 19.2. The Bertz CT molecular complexity index is 1050. The van der Waals surface area contributed by atoms with Crippen LogP contribution in [0.1, 0.15) is 30.7 Å². The maximum absolute atomic E-state index is 11.2. The first kappa shape index (κ1) is 23.4. The quantitative estimate of drug-likeness (QED) is 0.366. The second-order valence-corrected chi connectivity index (χ2v) is 9.60. The number of aliphatic carboxylic acids is 1. The number of phenols is 1. The van der Waals surface area contributed by atoms with Crippen LogP contribution < -0.4 is 4.90 Å². The number of rotatable bonds is 9. The highest BCUT2D eigenvalue weighted by molar-refractivity contribution is 7.16. The molecule has 31 heavy (non-hydrogen) atoms. The first-order valence-electron chi connectivity index (χ1n) is 9.92. The van der Waals surface area contributed by atoms with E-state index < -0.39 is 5.97 Å². The van der Waals surface area contributed by atoms with Crippen molar-refractivity contribution in [2.75, 3.05) is 11.4 Å². The van der Waals surface area contributed by atoms with Crippen molar-refractivity contribution in [3.05, 3.63) is 63.0 Å². The molecule has 0 unspecified atom stereocenters. The van der Waals surface area contributed by atoms with E-state index in [2.05, 4.69) is 13.8 Å². The molecule has 0 spiro atoms. The van der Waals surface area contributed by atoms with Gasteiger partial charge in [0.05, 0.1) is 22.2 Å². The number of hydrogen-bond donors (Lipinski definition) is 2. The fraction of sp³-hybridized carbons (Fsp3) is 0.304. The number of thiazole rings is 1. The van der Waals surface area contributed by atoms with Crippen molar-refractivity contribution in [1.29, 1.82) is 0 Å². The first-order chi connectivity index (χ1) is 14.7. The third-order valence-electron chi connectivity index (χ3n) is 4.65. The molecule has 0 saturated heterocycles. The molecule has 5 nitrogen and oxygen atoms in total. The van der Waals surface area contributed by atoms with E-state index in [0.29, 0.717) is 29.1 Å². The number of benzene rings is 2. The van der Waals surface area contributed by atoms with Crippen molar-refractivity contribution in [1.82, 2.24) is 4.98 Å². The Balaban J connectivity index is 2.00. The van der Waals surface area contributed by atoms with Crippen LogP contribution >= 0.6 is 34.5 Å². The second-order valence-electron chi connectivity index (χ2n) is 7.73. The van der Waals surface area contributed by atoms with Gasteiger partial charge in [0.2, 0.25) is 0 Å². The third kappa shape index (κ3) is 6.35. The molecular weight excluding hydrogens is 455 g/mol. The molecular formula is C23H24Cl2N2O3S. The van der Waals surface area contributed by atoms with Gasteiger partial charge in [-0.25, -0.2) is 4.98 Å². The number of aromatic hydroxyl groups is 1. The Kier molecular flexibility index (Phi) is 7.81. The Morgan fingerprint density at radius 1 is 1.13 bits per heavy atom. The standard InChI is InChI=1S/C23H24Cl2N2O3S/c1-14(2)11-20-22(16-5-8-18(24)19(25)12-16)26-23(31-20)27(10-9-21(29)30)13-15-3-6-17(28)7-4-15/h3-8,12,14,28H,9-11,13H2,1-2H3,(H,29,30). The highest BCUT2D eigenvalue weighted by Crippen LogP contribution is 2.37. The number of carboxylic acids is 1. The number of aromatic nitrogens is 1. The Hall–Kier alpha value is -2.28. The van der Waals surface area contributed by atoms with Gasteiger partial charge in [-0.2, -0.15) is 0 Å². The molecule has 0 aliphatic heterocycles. The summed E-state index contributed by atoms with van der Waals surface area (Å²) in [6.45, 7) is 5.11. The van der Waals surface area contributed by atoms with Crippen molar-refractivity contribution in [2.45, 2.75) is 33.2 Å². The lowest BCUT2D eigenvalue weighted by atomic mass is 10.0. The summed E-state index contributed by atoms with van der Waals surface area (Å²) in [5.41, 5.74) is 2.69. The van der Waals surface area contributed by atoms with Gasteiger partial charge in [-0.15, -0.1) is 11.3 Å². The second kappa shape index (κ2) is 10.4. The molecule has 0 atom stereocenters. The first-order valence-corrected chi connectivity index (χ1v) is 11.5. The maximum Gasteiger partial charge on any atom is 0.305 e. The fourth-order valence-corrected chi connectivity index (χ4v) is 4.76. The number of carbonyl (C=O) groups is 1. The predicted octanol–water partition coefficient (Wildman–Crippen LogP) is 6.50. The smallest absolute Gasteiger partial charge is 0.305 e. The summed E-state index contributed by atoms with van der Waals surface area (Å²) < 4.78 is 0. The van der Waals surface area contributed by atoms with E-state index in [1.54, 1.807) is 29.5 Å². The van der Waals surface area contributed by atoms with Gasteiger partial charge in [-0.1, -0.05) is 55.2 Å². The summed E-state index contributed by atoms with van der Waals surface area (Å²) >= 11 is 13.9. The molecule has 0 bridgehead atoms. The average molecular weight is 479 g/mol. The summed E-state index contributed by atoms with van der Waals surface area (Å²) in [6, 6.07) is 12.4. The van der Waals surface area contributed by atoms with E-state index >= 15 is 0 Å². The normalized spacial score (nSPS) is 11.1. The van der Waals surface area contributed by atoms with Crippen molar-refractivity contribution < 1.29 is 15.0 Å². The summed E-state index contributed by atoms with van der Waals surface area (Å²) in [5, 5.41) is 20.5. The van der Waals surface area contributed by atoms with Crippen LogP contribution in [-0.4, -0.2) is 27.7 Å². The number of nitrogens with zero attached hydrogens (tertiary/aromatic N) is 2. The van der Waals surface area contributed by atoms with Gasteiger partial charge in [-0.05, 0) is 42.2 Å². The lowest BCUT2D eigenvalue weighted by Gasteiger charge is -2.21. The lowest BCUT2D eigenvalue weighted by molar-refractivity contribution is -0.136. The van der Waals surface area contributed by atoms with Gasteiger partial charge in [0, 0.05) is 23.5 Å². The molecule has 164 valence electrons. The van der Waals surface area contributed by atoms with Gasteiger partial charge >= 0.3 is 5.97 Å². The van der Waals surface area contributed by atoms with Crippen LogP contribution in [0, 0.1) is 5.92 Å². The zero-order valence-electron chi connectivity index (χ0n) is 17.3. The molecule has 0 aliphatic carbocycles. The molecule has 1 heterocycles. The fourth-order valence-electron chi connectivity index (χ4n) is 3.15. The molecule has 0 aliphatic rings. The minimum Gasteiger partial charge on any atom is -0.508 e. The maximum atomic E-state index is 11.2. The van der Waals surface area contributed by atoms with Gasteiger partial charge in [-0.3, -0.25) is 4.79 Å². The highest BCUT2D eigenvalue weighted by Gasteiger charge is 2.20. The van der Waals surface area contributed by atoms with Crippen LogP contribution in [-0.2, 0) is 17.8 Å². The van der Waals surface area contributed by atoms with E-state index in [-0.39, 0.29) is 12.2 Å². The number of hydrogen-bond acceptors (Lipinski definition) is 5. The van der Waals surface area contributed by atoms with Crippen LogP contribution in [0.3, 0.4) is 0 Å². The predicted molar refractivity (Wildman–Crippen MR) is 128 cm³/mol. The van der Waals surface area contributed by atoms with Crippen molar-refractivity contribution in [3.8, 4) is 17.0 Å². The molecule has 3 aromatic rings. The minimum absolute atomic E-state index is 0.000710. The van der Waals surface area contributed by atoms with Gasteiger partial charge in [0.25, 0.3) is 0 Å². The highest BCUT2D eigenvalue weighted by atomic mass is 35.5. The van der Waals surface area contributed by atoms with E-state index in [4.69, 9.17) is 28.2 Å². The summed E-state index contributed by atoms with van der Waals surface area (Å²) in [6.07, 6.45) is 0.846. The summed E-state index contributed by atoms with van der Waals surface area (Å²) in [5.74, 6) is -0.241. The van der Waals surface area contributed by atoms with E-state index in [1.165, 1.54) is 0 Å². The lowest BCUT2D eigenvalue weighted by Crippen LogP contribution is -2.25. The van der Waals surface area contributed by atoms with Crippen molar-refractivity contribution in [2.24, 2.45) is 5.92 Å². The third-order valence-corrected chi connectivity index (χ3v) is 6.53. The van der Waals surface area contributed by atoms with Crippen LogP contribution in [0.4, 0.5) is 5.13 Å². The van der Waals surface area contributed by atoms with Crippen molar-refractivity contribution >= 4 is 45.6 Å². The number of phenolic OH excluding ortho intramolecular Hbond substituents is 1. The Morgan fingerprint density at radius 2 is 1.84 bits per heavy atom. The largest absolute Gasteiger partial charge is 0.508 e. The topological polar surface area (TPSA) is 73.7 Å². The average Bonchev–Trinajstić information content (AvgIpc) is 3.11. The minimum atomic E-state index is -0.862. The van der Waals surface area contributed by atoms with Gasteiger partial charge in [0.15, 0.2) is 5.13 Å². The molecule has 2 aromatic carbocycles. The van der Waals surface area contributed by atoms with E-state index in [9.17, 15) is 15.0 Å². The summed E-state index contributed by atoms with van der Waals surface area (Å²) in [7, 11) is 0. The van der Waals surface area contributed by atoms with Crippen LogP contribution in [0.2, 0.25) is 10.0 Å². The number of anilines is 1. The van der Waals surface area contributed by atoms with Crippen LogP contribution in [0.15, 0.2) is 42.5 Å². The number of halogens is 2. The molecule has 0 radical (unpaired) electrons. The molecule has 2 N–H and O–H groups in total. The Morgan fingerprint density at radius 3 is 2.45 bits per heavy atom. The Labute approximate surface area is 195 Å². The molecule has 3 rings (SSSR count). The SMILES string of the molecule is CC(C)Cc1sc(N(CCC(=O)O)Cc2ccc(O)cc2)nc1-c1ccc(Cl)c(Cl)c1. The molecule has 0 fully saturated rings. The van der Waals surface area contributed by atoms with Crippen LogP contribution in [0.25, 0.3) is 11.3 Å². The molecule has 0 saturated carbocycles. The van der Waals surface area contributed by atoms with Gasteiger partial charge in [0.1, 0.15) is 5.75 Å². The zero-order valence-corrected chi connectivity index (χ0v) is 19.6. The molecule has 8 heteroatoms. The molecule has 0 amide bonds. The zero-order chi connectivity index (χ0) is 22.5. The molecule has 1 aromatic heterocycles. The van der Waals surface area contributed by atoms with Crippen LogP contribution in [0.5, 0.6) is 5.75 Å². The van der Waals surface area contributed by atoms with E-state index in [0.717, 1.165) is 33.3 Å². The van der Waals surface area contributed by atoms with E-state index in [1.807, 2.05) is 29.2 Å². The van der Waals surface area contributed by atoms with Crippen molar-refractivity contribution in [3.63, 3.8) is 0 Å². The monoisotopic (exact) mass is 478 g/mol. The number of carboxylic acid groups (broad SMARTS) is 1.